The summed E-state index contributed by atoms with van der Waals surface area (Å²) < 4.78 is 44.1. The van der Waals surface area contributed by atoms with Crippen LogP contribution in [0.2, 0.25) is 0 Å². The molecule has 150 valence electrons. The number of rotatable bonds is 8. The molecule has 7 nitrogen and oxygen atoms in total. The predicted molar refractivity (Wildman–Crippen MR) is 102 cm³/mol. The number of sulfonamides is 1. The zero-order valence-corrected chi connectivity index (χ0v) is 16.3. The molecule has 2 rings (SSSR count). The van der Waals surface area contributed by atoms with E-state index in [-0.39, 0.29) is 10.5 Å². The SMILES string of the molecule is CCN(CC)S(=O)(=O)c1cccc(C(=O)OCC(=O)Nc2ccc(F)cc2)c1. The summed E-state index contributed by atoms with van der Waals surface area (Å²) in [6, 6.07) is 10.6. The van der Waals surface area contributed by atoms with Crippen molar-refractivity contribution in [2.45, 2.75) is 18.7 Å². The van der Waals surface area contributed by atoms with Crippen LogP contribution in [0.3, 0.4) is 0 Å². The van der Waals surface area contributed by atoms with Crippen molar-refractivity contribution in [3.05, 3.63) is 59.9 Å². The van der Waals surface area contributed by atoms with E-state index in [4.69, 9.17) is 4.74 Å². The summed E-state index contributed by atoms with van der Waals surface area (Å²) in [6.45, 7) is 3.48. The summed E-state index contributed by atoms with van der Waals surface area (Å²) in [5.41, 5.74) is 0.373. The number of carbonyl (C=O) groups is 2. The lowest BCUT2D eigenvalue weighted by molar-refractivity contribution is -0.119. The fourth-order valence-electron chi connectivity index (χ4n) is 2.44. The molecule has 9 heteroatoms. The largest absolute Gasteiger partial charge is 0.452 e. The van der Waals surface area contributed by atoms with E-state index in [9.17, 15) is 22.4 Å². The lowest BCUT2D eigenvalue weighted by atomic mass is 10.2. The Morgan fingerprint density at radius 1 is 1.07 bits per heavy atom. The van der Waals surface area contributed by atoms with Crippen molar-refractivity contribution in [2.24, 2.45) is 0 Å². The standard InChI is InChI=1S/C19H21FN2O5S/c1-3-22(4-2)28(25,26)17-7-5-6-14(12-17)19(24)27-13-18(23)21-16-10-8-15(20)9-11-16/h5-12H,3-4,13H2,1-2H3,(H,21,23). The number of amides is 1. The van der Waals surface area contributed by atoms with Gasteiger partial charge in [0.15, 0.2) is 6.61 Å². The Balaban J connectivity index is 2.02. The van der Waals surface area contributed by atoms with Crippen molar-refractivity contribution in [3.8, 4) is 0 Å². The summed E-state index contributed by atoms with van der Waals surface area (Å²) in [4.78, 5) is 24.0. The molecule has 2 aromatic rings. The van der Waals surface area contributed by atoms with E-state index in [1.54, 1.807) is 13.8 Å². The van der Waals surface area contributed by atoms with Crippen molar-refractivity contribution >= 4 is 27.6 Å². The third kappa shape index (κ3) is 5.37. The van der Waals surface area contributed by atoms with Crippen LogP contribution in [0.25, 0.3) is 0 Å². The van der Waals surface area contributed by atoms with Crippen molar-refractivity contribution in [1.82, 2.24) is 4.31 Å². The van der Waals surface area contributed by atoms with Crippen LogP contribution in [0.15, 0.2) is 53.4 Å². The monoisotopic (exact) mass is 408 g/mol. The second-order valence-electron chi connectivity index (χ2n) is 5.75. The Labute approximate surface area is 163 Å². The highest BCUT2D eigenvalue weighted by atomic mass is 32.2. The first-order chi connectivity index (χ1) is 13.3. The zero-order chi connectivity index (χ0) is 20.7. The molecule has 0 fully saturated rings. The van der Waals surface area contributed by atoms with Crippen molar-refractivity contribution in [2.75, 3.05) is 25.0 Å². The topological polar surface area (TPSA) is 92.8 Å². The molecular formula is C19H21FN2O5S. The van der Waals surface area contributed by atoms with Crippen molar-refractivity contribution < 1.29 is 27.1 Å². The first kappa shape index (κ1) is 21.5. The smallest absolute Gasteiger partial charge is 0.338 e. The summed E-state index contributed by atoms with van der Waals surface area (Å²) in [6.07, 6.45) is 0. The third-order valence-corrected chi connectivity index (χ3v) is 5.92. The first-order valence-corrected chi connectivity index (χ1v) is 10.0. The van der Waals surface area contributed by atoms with Gasteiger partial charge >= 0.3 is 5.97 Å². The number of esters is 1. The van der Waals surface area contributed by atoms with Gasteiger partial charge in [-0.1, -0.05) is 19.9 Å². The van der Waals surface area contributed by atoms with Crippen LogP contribution in [-0.2, 0) is 19.6 Å². The normalized spacial score (nSPS) is 11.3. The Kier molecular flexibility index (Phi) is 7.24. The fourth-order valence-corrected chi connectivity index (χ4v) is 3.95. The van der Waals surface area contributed by atoms with Gasteiger partial charge in [-0.05, 0) is 42.5 Å². The molecule has 28 heavy (non-hydrogen) atoms. The molecule has 0 saturated carbocycles. The molecule has 0 saturated heterocycles. The number of ether oxygens (including phenoxy) is 1. The van der Waals surface area contributed by atoms with Crippen LogP contribution in [0.1, 0.15) is 24.2 Å². The van der Waals surface area contributed by atoms with E-state index in [0.29, 0.717) is 18.8 Å². The molecule has 1 amide bonds. The van der Waals surface area contributed by atoms with Crippen LogP contribution < -0.4 is 5.32 Å². The van der Waals surface area contributed by atoms with Crippen LogP contribution in [-0.4, -0.2) is 44.3 Å². The minimum Gasteiger partial charge on any atom is -0.452 e. The molecule has 0 unspecified atom stereocenters. The number of hydrogen-bond donors (Lipinski definition) is 1. The first-order valence-electron chi connectivity index (χ1n) is 8.60. The number of halogens is 1. The van der Waals surface area contributed by atoms with E-state index < -0.39 is 34.3 Å². The summed E-state index contributed by atoms with van der Waals surface area (Å²) in [7, 11) is -3.72. The van der Waals surface area contributed by atoms with Gasteiger partial charge in [0.25, 0.3) is 5.91 Å². The fraction of sp³-hybridized carbons (Fsp3) is 0.263. The van der Waals surface area contributed by atoms with E-state index in [1.807, 2.05) is 0 Å². The van der Waals surface area contributed by atoms with E-state index >= 15 is 0 Å². The van der Waals surface area contributed by atoms with Crippen molar-refractivity contribution in [1.29, 1.82) is 0 Å². The van der Waals surface area contributed by atoms with Gasteiger partial charge in [-0.25, -0.2) is 17.6 Å². The molecule has 0 aromatic heterocycles. The van der Waals surface area contributed by atoms with Crippen LogP contribution in [0.5, 0.6) is 0 Å². The van der Waals surface area contributed by atoms with Gasteiger partial charge in [-0.2, -0.15) is 4.31 Å². The lowest BCUT2D eigenvalue weighted by Crippen LogP contribution is -2.30. The average Bonchev–Trinajstić information content (AvgIpc) is 2.68. The molecular weight excluding hydrogens is 387 g/mol. The highest BCUT2D eigenvalue weighted by Gasteiger charge is 2.23. The molecule has 0 aliphatic rings. The van der Waals surface area contributed by atoms with Crippen LogP contribution in [0, 0.1) is 5.82 Å². The number of anilines is 1. The Hall–Kier alpha value is -2.78. The van der Waals surface area contributed by atoms with Gasteiger partial charge in [0.1, 0.15) is 5.82 Å². The number of hydrogen-bond acceptors (Lipinski definition) is 5. The maximum atomic E-state index is 12.8. The molecule has 0 bridgehead atoms. The molecule has 0 atom stereocenters. The molecule has 0 aliphatic heterocycles. The Morgan fingerprint density at radius 2 is 1.71 bits per heavy atom. The van der Waals surface area contributed by atoms with E-state index in [1.165, 1.54) is 52.8 Å². The quantitative estimate of drug-likeness (QED) is 0.678. The second-order valence-corrected chi connectivity index (χ2v) is 7.69. The number of carbonyl (C=O) groups excluding carboxylic acids is 2. The minimum atomic E-state index is -3.72. The predicted octanol–water partition coefficient (Wildman–Crippen LogP) is 2.65. The van der Waals surface area contributed by atoms with E-state index in [0.717, 1.165) is 0 Å². The molecule has 0 spiro atoms. The molecule has 0 radical (unpaired) electrons. The molecule has 0 aliphatic carbocycles. The molecule has 1 N–H and O–H groups in total. The zero-order valence-electron chi connectivity index (χ0n) is 15.5. The van der Waals surface area contributed by atoms with Gasteiger partial charge in [-0.3, -0.25) is 4.79 Å². The average molecular weight is 408 g/mol. The van der Waals surface area contributed by atoms with Gasteiger partial charge in [0.2, 0.25) is 10.0 Å². The van der Waals surface area contributed by atoms with Crippen LogP contribution in [0.4, 0.5) is 10.1 Å². The Bertz CT molecular complexity index is 941. The summed E-state index contributed by atoms with van der Waals surface area (Å²) in [5, 5.41) is 2.46. The lowest BCUT2D eigenvalue weighted by Gasteiger charge is -2.18. The maximum absolute atomic E-state index is 12.8. The minimum absolute atomic E-state index is 0.0165. The van der Waals surface area contributed by atoms with Crippen LogP contribution >= 0.6 is 0 Å². The summed E-state index contributed by atoms with van der Waals surface area (Å²) in [5.74, 6) is -1.87. The second kappa shape index (κ2) is 9.43. The van der Waals surface area contributed by atoms with E-state index in [2.05, 4.69) is 5.32 Å². The maximum Gasteiger partial charge on any atom is 0.338 e. The van der Waals surface area contributed by atoms with Crippen molar-refractivity contribution in [3.63, 3.8) is 0 Å². The van der Waals surface area contributed by atoms with Gasteiger partial charge in [0, 0.05) is 18.8 Å². The number of nitrogens with zero attached hydrogens (tertiary/aromatic N) is 1. The highest BCUT2D eigenvalue weighted by molar-refractivity contribution is 7.89. The Morgan fingerprint density at radius 3 is 2.32 bits per heavy atom. The number of benzene rings is 2. The third-order valence-electron chi connectivity index (χ3n) is 3.88. The van der Waals surface area contributed by atoms with Gasteiger partial charge < -0.3 is 10.1 Å². The van der Waals surface area contributed by atoms with Gasteiger partial charge in [0.05, 0.1) is 10.5 Å². The molecule has 2 aromatic carbocycles. The number of nitrogens with one attached hydrogen (secondary N) is 1. The van der Waals surface area contributed by atoms with Gasteiger partial charge in [-0.15, -0.1) is 0 Å². The highest BCUT2D eigenvalue weighted by Crippen LogP contribution is 2.17. The summed E-state index contributed by atoms with van der Waals surface area (Å²) >= 11 is 0. The molecule has 0 heterocycles.